The number of amides is 1. The Hall–Kier alpha value is -2.63. The van der Waals surface area contributed by atoms with Gasteiger partial charge in [-0.3, -0.25) is 9.59 Å². The van der Waals surface area contributed by atoms with E-state index in [4.69, 9.17) is 14.9 Å². The third kappa shape index (κ3) is 5.87. The maximum atomic E-state index is 11.6. The van der Waals surface area contributed by atoms with Gasteiger partial charge >= 0.3 is 5.97 Å². The van der Waals surface area contributed by atoms with E-state index in [1.54, 1.807) is 39.1 Å². The number of oxazole rings is 1. The van der Waals surface area contributed by atoms with Crippen LogP contribution in [-0.2, 0) is 20.7 Å². The number of allylic oxidation sites excluding steroid dienone is 5. The minimum absolute atomic E-state index is 0.460. The highest BCUT2D eigenvalue weighted by molar-refractivity contribution is 5.82. The van der Waals surface area contributed by atoms with Crippen LogP contribution in [0.4, 0.5) is 0 Å². The lowest BCUT2D eigenvalue weighted by Crippen LogP contribution is -2.44. The Morgan fingerprint density at radius 2 is 2.04 bits per heavy atom. The molecule has 0 radical (unpaired) electrons. The molecule has 0 aliphatic heterocycles. The largest absolute Gasteiger partial charge is 0.457 e. The zero-order chi connectivity index (χ0) is 18.2. The lowest BCUT2D eigenvalue weighted by molar-refractivity contribution is -0.153. The number of carbonyl (C=O) groups is 2. The normalized spacial score (nSPS) is 14.2. The van der Waals surface area contributed by atoms with Gasteiger partial charge in [0.05, 0.1) is 11.6 Å². The van der Waals surface area contributed by atoms with Crippen LogP contribution in [0.25, 0.3) is 0 Å². The van der Waals surface area contributed by atoms with Crippen molar-refractivity contribution in [3.63, 3.8) is 0 Å². The minimum atomic E-state index is -0.998. The Balaban J connectivity index is 2.74. The van der Waals surface area contributed by atoms with Crippen molar-refractivity contribution in [2.75, 3.05) is 0 Å². The molecule has 0 bridgehead atoms. The summed E-state index contributed by atoms with van der Waals surface area (Å²) in [5.74, 6) is -0.208. The molecule has 24 heavy (non-hydrogen) atoms. The van der Waals surface area contributed by atoms with Crippen LogP contribution in [-0.4, -0.2) is 23.0 Å². The standard InChI is InChI=1S/C18H24N2O4/c1-13(16(24-14(2)21)18(3,4)17(19)22)9-7-5-6-8-10-15-11-20-12-23-15/h5-9,11-12,16H,10H2,1-4H3,(H2,19,22)/b7-5-,8-6+,13-9-. The van der Waals surface area contributed by atoms with Gasteiger partial charge in [-0.25, -0.2) is 4.98 Å². The molecule has 1 rings (SSSR count). The van der Waals surface area contributed by atoms with Crippen LogP contribution in [0.3, 0.4) is 0 Å². The monoisotopic (exact) mass is 332 g/mol. The van der Waals surface area contributed by atoms with Crippen molar-refractivity contribution in [2.45, 2.75) is 40.2 Å². The molecule has 6 heteroatoms. The fourth-order valence-corrected chi connectivity index (χ4v) is 2.07. The predicted octanol–water partition coefficient (Wildman–Crippen LogP) is 2.72. The number of carbonyl (C=O) groups excluding carboxylic acids is 2. The third-order valence-corrected chi connectivity index (χ3v) is 3.51. The summed E-state index contributed by atoms with van der Waals surface area (Å²) in [6.45, 7) is 6.41. The average molecular weight is 332 g/mol. The third-order valence-electron chi connectivity index (χ3n) is 3.51. The van der Waals surface area contributed by atoms with Gasteiger partial charge in [-0.2, -0.15) is 0 Å². The first-order valence-corrected chi connectivity index (χ1v) is 7.59. The van der Waals surface area contributed by atoms with Gasteiger partial charge in [-0.05, 0) is 26.3 Å². The van der Waals surface area contributed by atoms with E-state index in [1.165, 1.54) is 13.3 Å². The van der Waals surface area contributed by atoms with Gasteiger partial charge in [0.1, 0.15) is 11.9 Å². The van der Waals surface area contributed by atoms with Crippen molar-refractivity contribution >= 4 is 11.9 Å². The van der Waals surface area contributed by atoms with E-state index in [0.29, 0.717) is 6.42 Å². The number of rotatable bonds is 8. The molecule has 0 aromatic carbocycles. The van der Waals surface area contributed by atoms with Gasteiger partial charge in [-0.15, -0.1) is 0 Å². The first-order chi connectivity index (χ1) is 11.2. The molecule has 1 unspecified atom stereocenters. The van der Waals surface area contributed by atoms with Crippen LogP contribution in [0.5, 0.6) is 0 Å². The van der Waals surface area contributed by atoms with Gasteiger partial charge in [0.25, 0.3) is 0 Å². The number of hydrogen-bond donors (Lipinski definition) is 1. The fraction of sp³-hybridized carbons (Fsp3) is 0.389. The van der Waals surface area contributed by atoms with Crippen LogP contribution in [0.1, 0.15) is 33.5 Å². The average Bonchev–Trinajstić information content (AvgIpc) is 3.00. The molecule has 1 heterocycles. The first kappa shape index (κ1) is 19.4. The van der Waals surface area contributed by atoms with Crippen LogP contribution in [0.15, 0.2) is 53.0 Å². The Morgan fingerprint density at radius 1 is 1.33 bits per heavy atom. The number of ether oxygens (including phenoxy) is 1. The maximum Gasteiger partial charge on any atom is 0.303 e. The van der Waals surface area contributed by atoms with Crippen molar-refractivity contribution in [1.82, 2.24) is 4.98 Å². The molecule has 1 atom stereocenters. The summed E-state index contributed by atoms with van der Waals surface area (Å²) in [6, 6.07) is 0. The molecular formula is C18H24N2O4. The van der Waals surface area contributed by atoms with Gasteiger partial charge in [0.15, 0.2) is 6.39 Å². The number of primary amides is 1. The second kappa shape index (κ2) is 8.86. The van der Waals surface area contributed by atoms with E-state index in [0.717, 1.165) is 11.3 Å². The van der Waals surface area contributed by atoms with Gasteiger partial charge in [0, 0.05) is 13.3 Å². The van der Waals surface area contributed by atoms with Crippen LogP contribution < -0.4 is 5.73 Å². The SMILES string of the molecule is CC(=O)OC(\C(C)=C/C=C\C=C\Cc1cnco1)C(C)(C)C(N)=O. The number of aromatic nitrogens is 1. The first-order valence-electron chi connectivity index (χ1n) is 7.59. The van der Waals surface area contributed by atoms with E-state index >= 15 is 0 Å². The van der Waals surface area contributed by atoms with Crippen molar-refractivity contribution in [2.24, 2.45) is 11.1 Å². The fourth-order valence-electron chi connectivity index (χ4n) is 2.07. The number of nitrogens with zero attached hydrogens (tertiary/aromatic N) is 1. The van der Waals surface area contributed by atoms with Crippen molar-refractivity contribution in [3.8, 4) is 0 Å². The summed E-state index contributed by atoms with van der Waals surface area (Å²) in [7, 11) is 0. The molecule has 0 saturated heterocycles. The van der Waals surface area contributed by atoms with Gasteiger partial charge in [0.2, 0.25) is 5.91 Å². The summed E-state index contributed by atoms with van der Waals surface area (Å²) in [4.78, 5) is 26.8. The maximum absolute atomic E-state index is 11.6. The molecule has 130 valence electrons. The van der Waals surface area contributed by atoms with Crippen LogP contribution in [0, 0.1) is 5.41 Å². The van der Waals surface area contributed by atoms with Crippen molar-refractivity contribution in [3.05, 3.63) is 54.3 Å². The molecule has 1 aromatic heterocycles. The number of nitrogens with two attached hydrogens (primary N) is 1. The highest BCUT2D eigenvalue weighted by Gasteiger charge is 2.38. The number of hydrogen-bond acceptors (Lipinski definition) is 5. The molecule has 1 amide bonds. The lowest BCUT2D eigenvalue weighted by atomic mass is 9.82. The lowest BCUT2D eigenvalue weighted by Gasteiger charge is -2.31. The zero-order valence-electron chi connectivity index (χ0n) is 14.5. The molecule has 2 N–H and O–H groups in total. The summed E-state index contributed by atoms with van der Waals surface area (Å²) < 4.78 is 10.4. The number of esters is 1. The van der Waals surface area contributed by atoms with Gasteiger partial charge < -0.3 is 14.9 Å². The van der Waals surface area contributed by atoms with E-state index in [-0.39, 0.29) is 0 Å². The molecule has 0 aliphatic carbocycles. The quantitative estimate of drug-likeness (QED) is 0.583. The topological polar surface area (TPSA) is 95.4 Å². The van der Waals surface area contributed by atoms with Crippen LogP contribution in [0.2, 0.25) is 0 Å². The van der Waals surface area contributed by atoms with Crippen molar-refractivity contribution < 1.29 is 18.7 Å². The summed E-state index contributed by atoms with van der Waals surface area (Å²) in [6.07, 6.45) is 12.2. The highest BCUT2D eigenvalue weighted by atomic mass is 16.5. The highest BCUT2D eigenvalue weighted by Crippen LogP contribution is 2.28. The molecule has 0 spiro atoms. The zero-order valence-corrected chi connectivity index (χ0v) is 14.5. The molecule has 6 nitrogen and oxygen atoms in total. The van der Waals surface area contributed by atoms with E-state index in [9.17, 15) is 9.59 Å². The summed E-state index contributed by atoms with van der Waals surface area (Å²) >= 11 is 0. The van der Waals surface area contributed by atoms with Crippen LogP contribution >= 0.6 is 0 Å². The van der Waals surface area contributed by atoms with E-state index < -0.39 is 23.4 Å². The van der Waals surface area contributed by atoms with E-state index in [1.807, 2.05) is 18.2 Å². The smallest absolute Gasteiger partial charge is 0.303 e. The van der Waals surface area contributed by atoms with E-state index in [2.05, 4.69) is 4.98 Å². The molecular weight excluding hydrogens is 308 g/mol. The van der Waals surface area contributed by atoms with Crippen molar-refractivity contribution in [1.29, 1.82) is 0 Å². The summed E-state index contributed by atoms with van der Waals surface area (Å²) in [5, 5.41) is 0. The second-order valence-corrected chi connectivity index (χ2v) is 5.97. The molecule has 0 saturated carbocycles. The second-order valence-electron chi connectivity index (χ2n) is 5.97. The molecule has 1 aromatic rings. The minimum Gasteiger partial charge on any atom is -0.457 e. The molecule has 0 fully saturated rings. The van der Waals surface area contributed by atoms with Gasteiger partial charge in [-0.1, -0.05) is 30.4 Å². The Morgan fingerprint density at radius 3 is 2.58 bits per heavy atom. The Kier molecular flexibility index (Phi) is 7.17. The Labute approximate surface area is 142 Å². The molecule has 0 aliphatic rings. The predicted molar refractivity (Wildman–Crippen MR) is 90.8 cm³/mol. The summed E-state index contributed by atoms with van der Waals surface area (Å²) in [5.41, 5.74) is 5.16. The Bertz CT molecular complexity index is 640.